The van der Waals surface area contributed by atoms with E-state index < -0.39 is 15.2 Å². The molecule has 0 N–H and O–H groups in total. The van der Waals surface area contributed by atoms with Crippen LogP contribution >= 0.6 is 15.2 Å². The van der Waals surface area contributed by atoms with Gasteiger partial charge in [0, 0.05) is 13.3 Å². The molecule has 0 spiro atoms. The smallest absolute Gasteiger partial charge is 0.376 e. The number of unbranched alkanes of at least 4 members (excludes halogenated alkanes) is 2. The highest BCUT2D eigenvalue weighted by Gasteiger charge is 2.27. The van der Waals surface area contributed by atoms with Crippen LogP contribution in [0.5, 0.6) is 11.5 Å². The summed E-state index contributed by atoms with van der Waals surface area (Å²) in [6, 6.07) is 11.7. The summed E-state index contributed by atoms with van der Waals surface area (Å²) < 4.78 is 49.4. The standard InChI is InChI=1S/C26H40O6P2/c1-7-10-11-14-22-19-24(31-33(5,27)29-16-8-2)26(23-15-12-13-21(4)18-23)25(20-22)32-34(6,28)30-17-9-3/h12-13,15,18-20H,7-11,14,16-17H2,1-6H3. The van der Waals surface area contributed by atoms with Gasteiger partial charge in [0.25, 0.3) is 0 Å². The Morgan fingerprint density at radius 3 is 1.79 bits per heavy atom. The summed E-state index contributed by atoms with van der Waals surface area (Å²) in [4.78, 5) is 0. The van der Waals surface area contributed by atoms with Crippen molar-refractivity contribution in [3.8, 4) is 22.6 Å². The van der Waals surface area contributed by atoms with Crippen molar-refractivity contribution in [2.75, 3.05) is 26.5 Å². The lowest BCUT2D eigenvalue weighted by Crippen LogP contribution is -2.03. The Bertz CT molecular complexity index is 969. The highest BCUT2D eigenvalue weighted by atomic mass is 31.2. The number of rotatable bonds is 15. The molecular formula is C26H40O6P2. The second-order valence-corrected chi connectivity index (χ2v) is 12.7. The first kappa shape index (κ1) is 28.7. The van der Waals surface area contributed by atoms with E-state index in [0.29, 0.717) is 30.3 Å². The molecule has 2 rings (SSSR count). The van der Waals surface area contributed by atoms with Gasteiger partial charge in [-0.2, -0.15) is 0 Å². The van der Waals surface area contributed by atoms with E-state index in [1.54, 1.807) is 0 Å². The van der Waals surface area contributed by atoms with Gasteiger partial charge in [0.15, 0.2) is 0 Å². The predicted molar refractivity (Wildman–Crippen MR) is 141 cm³/mol. The van der Waals surface area contributed by atoms with Crippen molar-refractivity contribution >= 4 is 15.2 Å². The summed E-state index contributed by atoms with van der Waals surface area (Å²) in [6.45, 7) is 11.7. The maximum Gasteiger partial charge on any atom is 0.376 e. The SMILES string of the molecule is CCCCCc1cc(OP(C)(=O)OCCC)c(-c2cccc(C)c2)c(OP(C)(=O)OCCC)c1. The number of benzene rings is 2. The molecule has 8 heteroatoms. The van der Waals surface area contributed by atoms with Crippen molar-refractivity contribution < 1.29 is 27.2 Å². The molecule has 0 saturated carbocycles. The van der Waals surface area contributed by atoms with E-state index in [0.717, 1.165) is 55.2 Å². The first-order valence-corrected chi connectivity index (χ1v) is 16.2. The molecule has 0 aliphatic heterocycles. The molecule has 0 radical (unpaired) electrons. The number of aryl methyl sites for hydroxylation is 2. The topological polar surface area (TPSA) is 71.1 Å². The lowest BCUT2D eigenvalue weighted by atomic mass is 9.98. The molecule has 0 heterocycles. The molecule has 0 fully saturated rings. The van der Waals surface area contributed by atoms with Crippen molar-refractivity contribution in [2.45, 2.75) is 66.2 Å². The van der Waals surface area contributed by atoms with Gasteiger partial charge in [0.1, 0.15) is 11.5 Å². The fourth-order valence-electron chi connectivity index (χ4n) is 3.52. The molecule has 0 aromatic heterocycles. The average Bonchev–Trinajstić information content (AvgIpc) is 2.76. The van der Waals surface area contributed by atoms with E-state index in [-0.39, 0.29) is 0 Å². The molecule has 190 valence electrons. The van der Waals surface area contributed by atoms with Crippen LogP contribution in [-0.4, -0.2) is 26.5 Å². The van der Waals surface area contributed by atoms with Gasteiger partial charge in [-0.1, -0.05) is 63.4 Å². The van der Waals surface area contributed by atoms with Crippen molar-refractivity contribution in [2.24, 2.45) is 0 Å². The van der Waals surface area contributed by atoms with Gasteiger partial charge in [-0.15, -0.1) is 0 Å². The zero-order valence-electron chi connectivity index (χ0n) is 21.5. The van der Waals surface area contributed by atoms with Gasteiger partial charge in [-0.3, -0.25) is 9.05 Å². The molecule has 0 aliphatic carbocycles. The maximum absolute atomic E-state index is 13.1. The molecule has 2 aromatic carbocycles. The molecule has 2 unspecified atom stereocenters. The van der Waals surface area contributed by atoms with Crippen LogP contribution in [0.1, 0.15) is 64.0 Å². The maximum atomic E-state index is 13.1. The van der Waals surface area contributed by atoms with E-state index in [1.807, 2.05) is 57.2 Å². The normalized spacial score (nSPS) is 14.9. The quantitative estimate of drug-likeness (QED) is 0.176. The summed E-state index contributed by atoms with van der Waals surface area (Å²) in [5.41, 5.74) is 3.41. The van der Waals surface area contributed by atoms with Crippen LogP contribution in [0.25, 0.3) is 11.1 Å². The molecule has 0 aliphatic rings. The molecule has 0 saturated heterocycles. The van der Waals surface area contributed by atoms with Crippen molar-refractivity contribution in [1.82, 2.24) is 0 Å². The number of hydrogen-bond acceptors (Lipinski definition) is 6. The van der Waals surface area contributed by atoms with E-state index in [9.17, 15) is 9.13 Å². The number of hydrogen-bond donors (Lipinski definition) is 0. The minimum absolute atomic E-state index is 0.335. The van der Waals surface area contributed by atoms with Crippen LogP contribution in [0.15, 0.2) is 36.4 Å². The highest BCUT2D eigenvalue weighted by molar-refractivity contribution is 7.53. The lowest BCUT2D eigenvalue weighted by Gasteiger charge is -2.23. The minimum atomic E-state index is -3.39. The minimum Gasteiger partial charge on any atom is -0.424 e. The summed E-state index contributed by atoms with van der Waals surface area (Å²) in [5.74, 6) is 0.791. The van der Waals surface area contributed by atoms with Gasteiger partial charge in [0.05, 0.1) is 18.8 Å². The largest absolute Gasteiger partial charge is 0.424 e. The molecule has 6 nitrogen and oxygen atoms in total. The fraction of sp³-hybridized carbons (Fsp3) is 0.538. The van der Waals surface area contributed by atoms with Crippen LogP contribution in [-0.2, 0) is 24.6 Å². The molecule has 34 heavy (non-hydrogen) atoms. The Morgan fingerprint density at radius 2 is 1.32 bits per heavy atom. The summed E-state index contributed by atoms with van der Waals surface area (Å²) in [5, 5.41) is 0. The fourth-order valence-corrected chi connectivity index (χ4v) is 5.66. The summed E-state index contributed by atoms with van der Waals surface area (Å²) in [6.07, 6.45) is 5.42. The van der Waals surface area contributed by atoms with Gasteiger partial charge in [0.2, 0.25) is 0 Å². The van der Waals surface area contributed by atoms with Crippen LogP contribution in [0.4, 0.5) is 0 Å². The van der Waals surface area contributed by atoms with E-state index in [1.165, 1.54) is 13.3 Å². The zero-order chi connectivity index (χ0) is 25.2. The van der Waals surface area contributed by atoms with E-state index in [2.05, 4.69) is 6.92 Å². The van der Waals surface area contributed by atoms with Gasteiger partial charge in [-0.25, -0.2) is 9.13 Å². The second-order valence-electron chi connectivity index (χ2n) is 8.69. The first-order chi connectivity index (χ1) is 16.1. The monoisotopic (exact) mass is 510 g/mol. The molecule has 2 aromatic rings. The van der Waals surface area contributed by atoms with Crippen molar-refractivity contribution in [3.63, 3.8) is 0 Å². The summed E-state index contributed by atoms with van der Waals surface area (Å²) in [7, 11) is -6.77. The Hall–Kier alpha value is -1.58. The van der Waals surface area contributed by atoms with Gasteiger partial charge >= 0.3 is 15.2 Å². The Morgan fingerprint density at radius 1 is 0.765 bits per heavy atom. The molecule has 0 bridgehead atoms. The Balaban J connectivity index is 2.65. The van der Waals surface area contributed by atoms with E-state index >= 15 is 0 Å². The molecule has 0 amide bonds. The second kappa shape index (κ2) is 13.5. The summed E-state index contributed by atoms with van der Waals surface area (Å²) >= 11 is 0. The lowest BCUT2D eigenvalue weighted by molar-refractivity contribution is 0.268. The third kappa shape index (κ3) is 9.23. The molecular weight excluding hydrogens is 470 g/mol. The average molecular weight is 511 g/mol. The van der Waals surface area contributed by atoms with Gasteiger partial charge in [-0.05, 0) is 55.9 Å². The Labute approximate surface area is 205 Å². The van der Waals surface area contributed by atoms with Crippen molar-refractivity contribution in [1.29, 1.82) is 0 Å². The third-order valence-corrected chi connectivity index (χ3v) is 7.45. The van der Waals surface area contributed by atoms with Gasteiger partial charge < -0.3 is 9.05 Å². The third-order valence-electron chi connectivity index (χ3n) is 5.09. The highest BCUT2D eigenvalue weighted by Crippen LogP contribution is 2.53. The molecule has 2 atom stereocenters. The van der Waals surface area contributed by atoms with Crippen LogP contribution in [0, 0.1) is 6.92 Å². The Kier molecular flexibility index (Phi) is 11.4. The first-order valence-electron chi connectivity index (χ1n) is 12.2. The predicted octanol–water partition coefficient (Wildman–Crippen LogP) is 8.65. The zero-order valence-corrected chi connectivity index (χ0v) is 23.3. The van der Waals surface area contributed by atoms with E-state index in [4.69, 9.17) is 18.1 Å². The van der Waals surface area contributed by atoms with Crippen LogP contribution in [0.2, 0.25) is 0 Å². The van der Waals surface area contributed by atoms with Crippen LogP contribution in [0.3, 0.4) is 0 Å². The van der Waals surface area contributed by atoms with Crippen molar-refractivity contribution in [3.05, 3.63) is 47.5 Å². The van der Waals surface area contributed by atoms with Crippen LogP contribution < -0.4 is 9.05 Å².